The molecule has 0 aromatic rings. The minimum atomic E-state index is -0.356. The average molecular weight is 327 g/mol. The van der Waals surface area contributed by atoms with Crippen LogP contribution in [0.4, 0.5) is 0 Å². The molecule has 0 rings (SSSR count). The van der Waals surface area contributed by atoms with Crippen molar-refractivity contribution in [2.24, 2.45) is 0 Å². The third kappa shape index (κ3) is 15.2. The van der Waals surface area contributed by atoms with Crippen LogP contribution in [-0.4, -0.2) is 10.7 Å². The van der Waals surface area contributed by atoms with Crippen LogP contribution in [-0.2, 0) is 0 Å². The van der Waals surface area contributed by atoms with Gasteiger partial charge in [0.15, 0.2) is 0 Å². The second-order valence-corrected chi connectivity index (χ2v) is 7.72. The molecule has 0 aliphatic carbocycles. The first-order valence-electron chi connectivity index (χ1n) is 10.9. The normalized spacial score (nSPS) is 12.0. The molecule has 0 bridgehead atoms. The maximum Gasteiger partial charge on any atom is 0.0647 e. The number of unbranched alkanes of at least 4 members (excludes halogenated alkanes) is 12. The molecule has 0 heterocycles. The Balaban J connectivity index is 3.93. The summed E-state index contributed by atoms with van der Waals surface area (Å²) in [7, 11) is 0. The summed E-state index contributed by atoms with van der Waals surface area (Å²) in [6, 6.07) is 0. The van der Waals surface area contributed by atoms with Crippen molar-refractivity contribution >= 4 is 0 Å². The molecule has 0 aromatic heterocycles. The predicted molar refractivity (Wildman–Crippen MR) is 105 cm³/mol. The summed E-state index contributed by atoms with van der Waals surface area (Å²) in [4.78, 5) is 0. The lowest BCUT2D eigenvalue weighted by molar-refractivity contribution is 0.00715. The van der Waals surface area contributed by atoms with E-state index in [9.17, 15) is 5.11 Å². The Hall–Kier alpha value is -0.0400. The van der Waals surface area contributed by atoms with Gasteiger partial charge in [-0.2, -0.15) is 0 Å². The van der Waals surface area contributed by atoms with Crippen LogP contribution in [0, 0.1) is 0 Å². The van der Waals surface area contributed by atoms with Crippen molar-refractivity contribution in [2.75, 3.05) is 0 Å². The lowest BCUT2D eigenvalue weighted by atomic mass is 9.85. The molecule has 0 unspecified atom stereocenters. The molecule has 0 aromatic carbocycles. The summed E-state index contributed by atoms with van der Waals surface area (Å²) in [6.45, 7) is 6.79. The number of hydrogen-bond acceptors (Lipinski definition) is 1. The van der Waals surface area contributed by atoms with E-state index in [0.29, 0.717) is 0 Å². The number of aliphatic hydroxyl groups is 1. The van der Waals surface area contributed by atoms with E-state index in [1.54, 1.807) is 0 Å². The lowest BCUT2D eigenvalue weighted by Gasteiger charge is -2.28. The van der Waals surface area contributed by atoms with Gasteiger partial charge in [0, 0.05) is 0 Å². The first kappa shape index (κ1) is 23.0. The molecule has 0 aliphatic heterocycles. The molecule has 23 heavy (non-hydrogen) atoms. The summed E-state index contributed by atoms with van der Waals surface area (Å²) in [5.74, 6) is 0. The first-order valence-corrected chi connectivity index (χ1v) is 10.9. The fourth-order valence-corrected chi connectivity index (χ4v) is 3.55. The van der Waals surface area contributed by atoms with Gasteiger partial charge in [-0.15, -0.1) is 0 Å². The van der Waals surface area contributed by atoms with Gasteiger partial charge in [-0.1, -0.05) is 117 Å². The summed E-state index contributed by atoms with van der Waals surface area (Å²) >= 11 is 0. The van der Waals surface area contributed by atoms with Crippen LogP contribution in [0.5, 0.6) is 0 Å². The topological polar surface area (TPSA) is 20.2 Å². The Morgan fingerprint density at radius 1 is 0.435 bits per heavy atom. The fourth-order valence-electron chi connectivity index (χ4n) is 3.55. The van der Waals surface area contributed by atoms with Crippen molar-refractivity contribution in [2.45, 2.75) is 142 Å². The van der Waals surface area contributed by atoms with E-state index in [1.165, 1.54) is 96.3 Å². The second kappa shape index (κ2) is 16.8. The fraction of sp³-hybridized carbons (Fsp3) is 1.00. The highest BCUT2D eigenvalue weighted by Gasteiger charge is 2.24. The van der Waals surface area contributed by atoms with Crippen LogP contribution >= 0.6 is 0 Å². The van der Waals surface area contributed by atoms with Crippen LogP contribution in [0.1, 0.15) is 136 Å². The van der Waals surface area contributed by atoms with Gasteiger partial charge in [0.2, 0.25) is 0 Å². The second-order valence-electron chi connectivity index (χ2n) is 7.72. The maximum atomic E-state index is 11.0. The van der Waals surface area contributed by atoms with E-state index in [-0.39, 0.29) is 5.60 Å². The lowest BCUT2D eigenvalue weighted by Crippen LogP contribution is -2.28. The van der Waals surface area contributed by atoms with Crippen molar-refractivity contribution in [3.8, 4) is 0 Å². The molecule has 1 N–H and O–H groups in total. The molecule has 0 amide bonds. The number of rotatable bonds is 18. The quantitative estimate of drug-likeness (QED) is 0.255. The Bertz CT molecular complexity index is 208. The molecule has 0 radical (unpaired) electrons. The molecule has 0 spiro atoms. The smallest absolute Gasteiger partial charge is 0.0647 e. The Morgan fingerprint density at radius 3 is 1.09 bits per heavy atom. The van der Waals surface area contributed by atoms with Gasteiger partial charge >= 0.3 is 0 Å². The molecule has 140 valence electrons. The van der Waals surface area contributed by atoms with Crippen molar-refractivity contribution in [3.05, 3.63) is 0 Å². The zero-order valence-electron chi connectivity index (χ0n) is 16.7. The molecule has 0 atom stereocenters. The van der Waals surface area contributed by atoms with Gasteiger partial charge in [0.25, 0.3) is 0 Å². The summed E-state index contributed by atoms with van der Waals surface area (Å²) < 4.78 is 0. The molecule has 0 aliphatic rings. The standard InChI is InChI=1S/C22H46O/c1-4-7-10-12-14-17-20-22(23,19-16-9-6-3)21-18-15-13-11-8-5-2/h23H,4-21H2,1-3H3. The SMILES string of the molecule is CCCCCCCCC(O)(CCCCC)CCCCCCCC. The molecular weight excluding hydrogens is 280 g/mol. The highest BCUT2D eigenvalue weighted by atomic mass is 16.3. The Kier molecular flexibility index (Phi) is 16.8. The zero-order valence-corrected chi connectivity index (χ0v) is 16.7. The molecule has 1 nitrogen and oxygen atoms in total. The van der Waals surface area contributed by atoms with E-state index in [2.05, 4.69) is 20.8 Å². The Morgan fingerprint density at radius 2 is 0.696 bits per heavy atom. The van der Waals surface area contributed by atoms with Gasteiger partial charge in [-0.05, 0) is 19.3 Å². The van der Waals surface area contributed by atoms with Crippen LogP contribution in [0.25, 0.3) is 0 Å². The van der Waals surface area contributed by atoms with E-state index in [0.717, 1.165) is 19.3 Å². The zero-order chi connectivity index (χ0) is 17.2. The van der Waals surface area contributed by atoms with Gasteiger partial charge in [0.1, 0.15) is 0 Å². The summed E-state index contributed by atoms with van der Waals surface area (Å²) in [6.07, 6.45) is 22.8. The predicted octanol–water partition coefficient (Wildman–Crippen LogP) is 7.80. The molecular formula is C22H46O. The molecule has 0 saturated carbocycles. The van der Waals surface area contributed by atoms with Gasteiger partial charge in [-0.25, -0.2) is 0 Å². The monoisotopic (exact) mass is 326 g/mol. The molecule has 0 saturated heterocycles. The average Bonchev–Trinajstić information content (AvgIpc) is 2.54. The third-order valence-corrected chi connectivity index (χ3v) is 5.24. The number of hydrogen-bond donors (Lipinski definition) is 1. The molecule has 1 heteroatoms. The van der Waals surface area contributed by atoms with Gasteiger partial charge in [0.05, 0.1) is 5.60 Å². The van der Waals surface area contributed by atoms with Crippen molar-refractivity contribution in [3.63, 3.8) is 0 Å². The molecule has 0 fully saturated rings. The Labute approximate surface area is 147 Å². The van der Waals surface area contributed by atoms with Crippen LogP contribution < -0.4 is 0 Å². The highest BCUT2D eigenvalue weighted by molar-refractivity contribution is 4.78. The van der Waals surface area contributed by atoms with Crippen molar-refractivity contribution in [1.29, 1.82) is 0 Å². The van der Waals surface area contributed by atoms with Crippen LogP contribution in [0.3, 0.4) is 0 Å². The van der Waals surface area contributed by atoms with E-state index in [4.69, 9.17) is 0 Å². The highest BCUT2D eigenvalue weighted by Crippen LogP contribution is 2.28. The van der Waals surface area contributed by atoms with Crippen molar-refractivity contribution in [1.82, 2.24) is 0 Å². The minimum absolute atomic E-state index is 0.356. The largest absolute Gasteiger partial charge is 0.390 e. The van der Waals surface area contributed by atoms with Crippen LogP contribution in [0.2, 0.25) is 0 Å². The van der Waals surface area contributed by atoms with E-state index < -0.39 is 0 Å². The summed E-state index contributed by atoms with van der Waals surface area (Å²) in [5, 5.41) is 11.0. The van der Waals surface area contributed by atoms with Crippen LogP contribution in [0.15, 0.2) is 0 Å². The third-order valence-electron chi connectivity index (χ3n) is 5.24. The van der Waals surface area contributed by atoms with Gasteiger partial charge in [-0.3, -0.25) is 0 Å². The minimum Gasteiger partial charge on any atom is -0.390 e. The van der Waals surface area contributed by atoms with E-state index in [1.807, 2.05) is 0 Å². The maximum absolute atomic E-state index is 11.0. The van der Waals surface area contributed by atoms with E-state index >= 15 is 0 Å². The van der Waals surface area contributed by atoms with Crippen molar-refractivity contribution < 1.29 is 5.11 Å². The summed E-state index contributed by atoms with van der Waals surface area (Å²) in [5.41, 5.74) is -0.356. The first-order chi connectivity index (χ1) is 11.2. The van der Waals surface area contributed by atoms with Gasteiger partial charge < -0.3 is 5.11 Å².